The molecule has 1 saturated carbocycles. The highest BCUT2D eigenvalue weighted by Crippen LogP contribution is 2.29. The Morgan fingerprint density at radius 3 is 2.50 bits per heavy atom. The van der Waals surface area contributed by atoms with Gasteiger partial charge >= 0.3 is 0 Å². The second kappa shape index (κ2) is 5.89. The fourth-order valence-electron chi connectivity index (χ4n) is 2.65. The van der Waals surface area contributed by atoms with Gasteiger partial charge in [0.1, 0.15) is 0 Å². The molecule has 0 unspecified atom stereocenters. The van der Waals surface area contributed by atoms with Crippen molar-refractivity contribution in [2.24, 2.45) is 5.92 Å². The van der Waals surface area contributed by atoms with Crippen LogP contribution in [0.25, 0.3) is 0 Å². The summed E-state index contributed by atoms with van der Waals surface area (Å²) in [5.74, 6) is 0.335. The number of hydrogen-bond donors (Lipinski definition) is 2. The summed E-state index contributed by atoms with van der Waals surface area (Å²) in [7, 11) is 0. The van der Waals surface area contributed by atoms with Crippen LogP contribution in [-0.2, 0) is 0 Å². The summed E-state index contributed by atoms with van der Waals surface area (Å²) in [5, 5.41) is 18.6. The molecule has 3 heteroatoms. The first-order valence-corrected chi connectivity index (χ1v) is 6.72. The van der Waals surface area contributed by atoms with Crippen LogP contribution in [0, 0.1) is 5.92 Å². The number of rotatable bonds is 4. The largest absolute Gasteiger partial charge is 0.504 e. The molecule has 0 aliphatic heterocycles. The summed E-state index contributed by atoms with van der Waals surface area (Å²) in [6.07, 6.45) is 7.88. The van der Waals surface area contributed by atoms with Crippen LogP contribution in [0.1, 0.15) is 55.3 Å². The van der Waals surface area contributed by atoms with Crippen LogP contribution < -0.4 is 0 Å². The predicted molar refractivity (Wildman–Crippen MR) is 69.9 cm³/mol. The minimum absolute atomic E-state index is 0.0517. The zero-order valence-corrected chi connectivity index (χ0v) is 10.6. The highest BCUT2D eigenvalue weighted by atomic mass is 16.3. The van der Waals surface area contributed by atoms with Gasteiger partial charge in [-0.05, 0) is 30.5 Å². The van der Waals surface area contributed by atoms with E-state index in [0.29, 0.717) is 17.9 Å². The summed E-state index contributed by atoms with van der Waals surface area (Å²) in [6.45, 7) is 0. The number of carbonyl (C=O) groups is 1. The molecule has 0 saturated heterocycles. The van der Waals surface area contributed by atoms with E-state index in [2.05, 4.69) is 0 Å². The number of phenols is 2. The molecule has 0 bridgehead atoms. The Morgan fingerprint density at radius 1 is 1.11 bits per heavy atom. The number of phenolic OH excluding ortho intramolecular Hbond substituents is 2. The van der Waals surface area contributed by atoms with Gasteiger partial charge in [0.2, 0.25) is 0 Å². The lowest BCUT2D eigenvalue weighted by Gasteiger charge is -2.20. The molecule has 2 N–H and O–H groups in total. The summed E-state index contributed by atoms with van der Waals surface area (Å²) >= 11 is 0. The minimum Gasteiger partial charge on any atom is -0.504 e. The predicted octanol–water partition coefficient (Wildman–Crippen LogP) is 3.64. The lowest BCUT2D eigenvalue weighted by atomic mass is 9.85. The maximum absolute atomic E-state index is 12.0. The maximum atomic E-state index is 12.0. The molecule has 0 aromatic heterocycles. The Balaban J connectivity index is 1.88. The van der Waals surface area contributed by atoms with Crippen molar-refractivity contribution in [1.29, 1.82) is 0 Å². The number of benzene rings is 1. The van der Waals surface area contributed by atoms with E-state index in [0.717, 1.165) is 6.42 Å². The van der Waals surface area contributed by atoms with Gasteiger partial charge in [0.05, 0.1) is 0 Å². The second-order valence-corrected chi connectivity index (χ2v) is 5.17. The van der Waals surface area contributed by atoms with E-state index in [1.807, 2.05) is 0 Å². The van der Waals surface area contributed by atoms with Gasteiger partial charge in [-0.25, -0.2) is 0 Å². The molecular weight excluding hydrogens is 228 g/mol. The van der Waals surface area contributed by atoms with Crippen molar-refractivity contribution in [3.63, 3.8) is 0 Å². The zero-order chi connectivity index (χ0) is 13.0. The SMILES string of the molecule is O=C(CCC1CCCCC1)c1ccc(O)c(O)c1. The third-order valence-corrected chi connectivity index (χ3v) is 3.80. The highest BCUT2D eigenvalue weighted by Gasteiger charge is 2.16. The van der Waals surface area contributed by atoms with E-state index in [-0.39, 0.29) is 17.3 Å². The third-order valence-electron chi connectivity index (χ3n) is 3.80. The van der Waals surface area contributed by atoms with E-state index in [1.54, 1.807) is 6.07 Å². The Kier molecular flexibility index (Phi) is 4.24. The van der Waals surface area contributed by atoms with Gasteiger partial charge < -0.3 is 10.2 Å². The molecule has 1 aliphatic carbocycles. The first-order valence-electron chi connectivity index (χ1n) is 6.72. The second-order valence-electron chi connectivity index (χ2n) is 5.17. The number of aromatic hydroxyl groups is 2. The molecule has 1 aliphatic rings. The molecular formula is C15H20O3. The molecule has 1 fully saturated rings. The number of Topliss-reactive ketones (excluding diaryl/α,β-unsaturated/α-hetero) is 1. The summed E-state index contributed by atoms with van der Waals surface area (Å²) in [5.41, 5.74) is 0.487. The van der Waals surface area contributed by atoms with Gasteiger partial charge in [0, 0.05) is 12.0 Å². The van der Waals surface area contributed by atoms with Crippen molar-refractivity contribution in [2.75, 3.05) is 0 Å². The van der Waals surface area contributed by atoms with Crippen molar-refractivity contribution >= 4 is 5.78 Å². The average molecular weight is 248 g/mol. The van der Waals surface area contributed by atoms with E-state index >= 15 is 0 Å². The van der Waals surface area contributed by atoms with Gasteiger partial charge in [-0.3, -0.25) is 4.79 Å². The summed E-state index contributed by atoms with van der Waals surface area (Å²) in [6, 6.07) is 4.28. The fourth-order valence-corrected chi connectivity index (χ4v) is 2.65. The average Bonchev–Trinajstić information content (AvgIpc) is 2.40. The van der Waals surface area contributed by atoms with Crippen molar-refractivity contribution in [1.82, 2.24) is 0 Å². The Labute approximate surface area is 107 Å². The van der Waals surface area contributed by atoms with Crippen LogP contribution in [0.15, 0.2) is 18.2 Å². The van der Waals surface area contributed by atoms with Gasteiger partial charge in [-0.2, -0.15) is 0 Å². The van der Waals surface area contributed by atoms with Crippen LogP contribution in [0.3, 0.4) is 0 Å². The number of ketones is 1. The standard InChI is InChI=1S/C15H20O3/c16-13(8-6-11-4-2-1-3-5-11)12-7-9-14(17)15(18)10-12/h7,9-11,17-18H,1-6,8H2. The van der Waals surface area contributed by atoms with E-state index < -0.39 is 0 Å². The minimum atomic E-state index is -0.224. The Hall–Kier alpha value is -1.51. The van der Waals surface area contributed by atoms with Crippen molar-refractivity contribution in [3.8, 4) is 11.5 Å². The van der Waals surface area contributed by atoms with Crippen LogP contribution in [-0.4, -0.2) is 16.0 Å². The topological polar surface area (TPSA) is 57.5 Å². The van der Waals surface area contributed by atoms with Crippen molar-refractivity contribution in [2.45, 2.75) is 44.9 Å². The first kappa shape index (κ1) is 12.9. The monoisotopic (exact) mass is 248 g/mol. The smallest absolute Gasteiger partial charge is 0.163 e. The van der Waals surface area contributed by atoms with Gasteiger partial charge in [0.15, 0.2) is 17.3 Å². The highest BCUT2D eigenvalue weighted by molar-refractivity contribution is 5.96. The lowest BCUT2D eigenvalue weighted by molar-refractivity contribution is 0.0969. The van der Waals surface area contributed by atoms with Crippen LogP contribution in [0.5, 0.6) is 11.5 Å². The van der Waals surface area contributed by atoms with E-state index in [4.69, 9.17) is 0 Å². The molecule has 3 nitrogen and oxygen atoms in total. The molecule has 18 heavy (non-hydrogen) atoms. The van der Waals surface area contributed by atoms with Crippen molar-refractivity contribution in [3.05, 3.63) is 23.8 Å². The fraction of sp³-hybridized carbons (Fsp3) is 0.533. The van der Waals surface area contributed by atoms with E-state index in [1.165, 1.54) is 44.2 Å². The maximum Gasteiger partial charge on any atom is 0.163 e. The first-order chi connectivity index (χ1) is 8.66. The summed E-state index contributed by atoms with van der Waals surface area (Å²) < 4.78 is 0. The molecule has 0 amide bonds. The van der Waals surface area contributed by atoms with Crippen LogP contribution in [0.4, 0.5) is 0 Å². The molecule has 0 heterocycles. The van der Waals surface area contributed by atoms with Gasteiger partial charge in [-0.15, -0.1) is 0 Å². The molecule has 0 atom stereocenters. The Bertz CT molecular complexity index is 420. The van der Waals surface area contributed by atoms with Gasteiger partial charge in [-0.1, -0.05) is 32.1 Å². The third kappa shape index (κ3) is 3.25. The molecule has 1 aromatic carbocycles. The summed E-state index contributed by atoms with van der Waals surface area (Å²) in [4.78, 5) is 12.0. The van der Waals surface area contributed by atoms with Crippen molar-refractivity contribution < 1.29 is 15.0 Å². The van der Waals surface area contributed by atoms with Gasteiger partial charge in [0.25, 0.3) is 0 Å². The van der Waals surface area contributed by atoms with Crippen LogP contribution >= 0.6 is 0 Å². The number of hydrogen-bond acceptors (Lipinski definition) is 3. The molecule has 0 spiro atoms. The quantitative estimate of drug-likeness (QED) is 0.631. The molecule has 2 rings (SSSR count). The normalized spacial score (nSPS) is 16.7. The molecule has 98 valence electrons. The zero-order valence-electron chi connectivity index (χ0n) is 10.6. The van der Waals surface area contributed by atoms with E-state index in [9.17, 15) is 15.0 Å². The number of carbonyl (C=O) groups excluding carboxylic acids is 1. The molecule has 1 aromatic rings. The molecule has 0 radical (unpaired) electrons. The lowest BCUT2D eigenvalue weighted by Crippen LogP contribution is -2.09. The van der Waals surface area contributed by atoms with Crippen LogP contribution in [0.2, 0.25) is 0 Å². The Morgan fingerprint density at radius 2 is 1.83 bits per heavy atom.